The second kappa shape index (κ2) is 5.65. The highest BCUT2D eigenvalue weighted by Gasteiger charge is 2.17. The molecule has 0 aliphatic carbocycles. The highest BCUT2D eigenvalue weighted by molar-refractivity contribution is 5.68. The lowest BCUT2D eigenvalue weighted by Crippen LogP contribution is -2.39. The zero-order chi connectivity index (χ0) is 11.2. The number of hydrogen-bond donors (Lipinski definition) is 2. The van der Waals surface area contributed by atoms with Crippen molar-refractivity contribution < 1.29 is 14.6 Å². The summed E-state index contributed by atoms with van der Waals surface area (Å²) in [6.07, 6.45) is 2.94. The Balaban J connectivity index is 4.04. The fraction of sp³-hybridized carbons (Fsp3) is 0.700. The Labute approximate surface area is 85.0 Å². The van der Waals surface area contributed by atoms with Gasteiger partial charge >= 0.3 is 6.09 Å². The van der Waals surface area contributed by atoms with Crippen LogP contribution in [0.15, 0.2) is 12.2 Å². The van der Waals surface area contributed by atoms with Gasteiger partial charge in [0.25, 0.3) is 0 Å². The maximum atomic E-state index is 11.2. The number of rotatable bonds is 3. The summed E-state index contributed by atoms with van der Waals surface area (Å²) in [5.74, 6) is 0. The Hall–Kier alpha value is -1.03. The van der Waals surface area contributed by atoms with E-state index in [2.05, 4.69) is 5.32 Å². The molecule has 0 aromatic rings. The smallest absolute Gasteiger partial charge is 0.408 e. The number of hydrogen-bond acceptors (Lipinski definition) is 3. The molecule has 1 amide bonds. The summed E-state index contributed by atoms with van der Waals surface area (Å²) in [5.41, 5.74) is -0.514. The van der Waals surface area contributed by atoms with E-state index in [1.807, 2.05) is 6.92 Å². The van der Waals surface area contributed by atoms with Crippen molar-refractivity contribution in [3.8, 4) is 0 Å². The molecule has 0 radical (unpaired) electrons. The molecule has 0 fully saturated rings. The molecule has 0 saturated carbocycles. The van der Waals surface area contributed by atoms with E-state index in [0.29, 0.717) is 0 Å². The highest BCUT2D eigenvalue weighted by Crippen LogP contribution is 2.06. The second-order valence-electron chi connectivity index (χ2n) is 3.96. The first kappa shape index (κ1) is 13.0. The molecule has 0 aliphatic heterocycles. The van der Waals surface area contributed by atoms with E-state index in [4.69, 9.17) is 9.84 Å². The lowest BCUT2D eigenvalue weighted by Gasteiger charge is -2.21. The van der Waals surface area contributed by atoms with Crippen LogP contribution in [0.5, 0.6) is 0 Å². The van der Waals surface area contributed by atoms with Crippen LogP contribution in [0, 0.1) is 0 Å². The SMILES string of the molecule is C/C=C/C(CO)NC(=O)OC(C)(C)C. The number of ether oxygens (including phenoxy) is 1. The third-order valence-corrected chi connectivity index (χ3v) is 1.32. The van der Waals surface area contributed by atoms with Gasteiger partial charge in [-0.2, -0.15) is 0 Å². The van der Waals surface area contributed by atoms with Crippen LogP contribution in [0.4, 0.5) is 4.79 Å². The van der Waals surface area contributed by atoms with Gasteiger partial charge in [-0.05, 0) is 27.7 Å². The van der Waals surface area contributed by atoms with Gasteiger partial charge < -0.3 is 15.2 Å². The molecule has 4 heteroatoms. The second-order valence-corrected chi connectivity index (χ2v) is 3.96. The lowest BCUT2D eigenvalue weighted by molar-refractivity contribution is 0.0498. The van der Waals surface area contributed by atoms with Gasteiger partial charge in [-0.3, -0.25) is 0 Å². The van der Waals surface area contributed by atoms with E-state index < -0.39 is 11.7 Å². The summed E-state index contributed by atoms with van der Waals surface area (Å²) in [6, 6.07) is -0.380. The molecule has 0 rings (SSSR count). The van der Waals surface area contributed by atoms with E-state index in [1.165, 1.54) is 0 Å². The van der Waals surface area contributed by atoms with E-state index >= 15 is 0 Å². The summed E-state index contributed by atoms with van der Waals surface area (Å²) in [5, 5.41) is 11.4. The Kier molecular flexibility index (Phi) is 5.23. The van der Waals surface area contributed by atoms with Gasteiger partial charge in [0.05, 0.1) is 12.6 Å². The van der Waals surface area contributed by atoms with Crippen LogP contribution >= 0.6 is 0 Å². The van der Waals surface area contributed by atoms with Gasteiger partial charge in [-0.25, -0.2) is 4.79 Å². The molecule has 82 valence electrons. The molecule has 0 heterocycles. The van der Waals surface area contributed by atoms with E-state index in [-0.39, 0.29) is 12.6 Å². The van der Waals surface area contributed by atoms with Gasteiger partial charge in [0.15, 0.2) is 0 Å². The molecule has 0 aromatic heterocycles. The van der Waals surface area contributed by atoms with Crippen LogP contribution in [0.2, 0.25) is 0 Å². The first-order valence-corrected chi connectivity index (χ1v) is 4.62. The standard InChI is InChI=1S/C10H19NO3/c1-5-6-8(7-12)11-9(13)14-10(2,3)4/h5-6,8,12H,7H2,1-4H3,(H,11,13)/b6-5+. The predicted octanol–water partition coefficient (Wildman–Crippen LogP) is 1.45. The number of carbonyl (C=O) groups is 1. The summed E-state index contributed by atoms with van der Waals surface area (Å²) in [4.78, 5) is 11.2. The third-order valence-electron chi connectivity index (χ3n) is 1.32. The monoisotopic (exact) mass is 201 g/mol. The number of aliphatic hydroxyl groups excluding tert-OH is 1. The third kappa shape index (κ3) is 6.48. The molecule has 0 saturated heterocycles. The van der Waals surface area contributed by atoms with Crippen molar-refractivity contribution in [3.05, 3.63) is 12.2 Å². The van der Waals surface area contributed by atoms with Gasteiger partial charge in [0.1, 0.15) is 5.60 Å². The van der Waals surface area contributed by atoms with Gasteiger partial charge in [-0.1, -0.05) is 12.2 Å². The largest absolute Gasteiger partial charge is 0.444 e. The summed E-state index contributed by atoms with van der Waals surface area (Å²) in [7, 11) is 0. The van der Waals surface area contributed by atoms with Crippen molar-refractivity contribution in [1.82, 2.24) is 5.32 Å². The first-order chi connectivity index (χ1) is 6.39. The van der Waals surface area contributed by atoms with Crippen LogP contribution in [-0.4, -0.2) is 29.4 Å². The summed E-state index contributed by atoms with van der Waals surface area (Å²) >= 11 is 0. The fourth-order valence-electron chi connectivity index (χ4n) is 0.846. The summed E-state index contributed by atoms with van der Waals surface area (Å²) < 4.78 is 5.02. The zero-order valence-corrected chi connectivity index (χ0v) is 9.20. The molecule has 1 atom stereocenters. The Bertz CT molecular complexity index is 206. The minimum atomic E-state index is -0.519. The molecule has 0 bridgehead atoms. The van der Waals surface area contributed by atoms with Crippen molar-refractivity contribution in [3.63, 3.8) is 0 Å². The number of amides is 1. The number of allylic oxidation sites excluding steroid dienone is 1. The van der Waals surface area contributed by atoms with E-state index in [9.17, 15) is 4.79 Å². The maximum Gasteiger partial charge on any atom is 0.408 e. The van der Waals surface area contributed by atoms with Crippen molar-refractivity contribution in [2.45, 2.75) is 39.3 Å². The Morgan fingerprint density at radius 2 is 2.14 bits per heavy atom. The van der Waals surface area contributed by atoms with Crippen LogP contribution < -0.4 is 5.32 Å². The minimum Gasteiger partial charge on any atom is -0.444 e. The minimum absolute atomic E-state index is 0.135. The maximum absolute atomic E-state index is 11.2. The molecule has 0 spiro atoms. The molecule has 14 heavy (non-hydrogen) atoms. The van der Waals surface area contributed by atoms with Crippen LogP contribution in [0.25, 0.3) is 0 Å². The average Bonchev–Trinajstić information content (AvgIpc) is 2.00. The molecule has 0 aromatic carbocycles. The van der Waals surface area contributed by atoms with Crippen LogP contribution in [-0.2, 0) is 4.74 Å². The molecular weight excluding hydrogens is 182 g/mol. The highest BCUT2D eigenvalue weighted by atomic mass is 16.6. The fourth-order valence-corrected chi connectivity index (χ4v) is 0.846. The number of carbonyl (C=O) groups excluding carboxylic acids is 1. The number of aliphatic hydroxyl groups is 1. The lowest BCUT2D eigenvalue weighted by atomic mass is 10.2. The van der Waals surface area contributed by atoms with E-state index in [0.717, 1.165) is 0 Å². The zero-order valence-electron chi connectivity index (χ0n) is 9.20. The van der Waals surface area contributed by atoms with Gasteiger partial charge in [0, 0.05) is 0 Å². The quantitative estimate of drug-likeness (QED) is 0.679. The van der Waals surface area contributed by atoms with Crippen LogP contribution in [0.3, 0.4) is 0 Å². The van der Waals surface area contributed by atoms with Gasteiger partial charge in [0.2, 0.25) is 0 Å². The van der Waals surface area contributed by atoms with Gasteiger partial charge in [-0.15, -0.1) is 0 Å². The van der Waals surface area contributed by atoms with E-state index in [1.54, 1.807) is 32.9 Å². The number of nitrogens with one attached hydrogen (secondary N) is 1. The molecule has 4 nitrogen and oxygen atoms in total. The predicted molar refractivity (Wildman–Crippen MR) is 55.1 cm³/mol. The molecular formula is C10H19NO3. The first-order valence-electron chi connectivity index (χ1n) is 4.62. The normalized spacial score (nSPS) is 14.1. The van der Waals surface area contributed by atoms with Crippen molar-refractivity contribution in [2.24, 2.45) is 0 Å². The summed E-state index contributed by atoms with van der Waals surface area (Å²) in [6.45, 7) is 7.05. The molecule has 2 N–H and O–H groups in total. The van der Waals surface area contributed by atoms with Crippen LogP contribution in [0.1, 0.15) is 27.7 Å². The van der Waals surface area contributed by atoms with Crippen molar-refractivity contribution in [1.29, 1.82) is 0 Å². The Morgan fingerprint density at radius 1 is 1.57 bits per heavy atom. The Morgan fingerprint density at radius 3 is 2.50 bits per heavy atom. The average molecular weight is 201 g/mol. The van der Waals surface area contributed by atoms with Crippen molar-refractivity contribution in [2.75, 3.05) is 6.61 Å². The topological polar surface area (TPSA) is 58.6 Å². The van der Waals surface area contributed by atoms with Crippen molar-refractivity contribution >= 4 is 6.09 Å². The molecule has 0 aliphatic rings. The number of alkyl carbamates (subject to hydrolysis) is 1. The molecule has 1 unspecified atom stereocenters.